The first-order valence-corrected chi connectivity index (χ1v) is 6.41. The molecule has 0 saturated heterocycles. The Morgan fingerprint density at radius 1 is 1.20 bits per heavy atom. The minimum Gasteiger partial charge on any atom is -0.478 e. The number of halogens is 2. The van der Waals surface area contributed by atoms with Gasteiger partial charge >= 0.3 is 5.97 Å². The molecular formula is C14H10BrFO4. The number of hydrogen-bond donors (Lipinski definition) is 2. The van der Waals surface area contributed by atoms with E-state index in [4.69, 9.17) is 9.84 Å². The van der Waals surface area contributed by atoms with Crippen LogP contribution in [0.5, 0.6) is 11.5 Å². The van der Waals surface area contributed by atoms with Crippen molar-refractivity contribution in [1.82, 2.24) is 0 Å². The molecule has 0 aliphatic rings. The van der Waals surface area contributed by atoms with Crippen molar-refractivity contribution in [1.29, 1.82) is 0 Å². The number of rotatable bonds is 4. The number of carboxylic acid groups (broad SMARTS) is 1. The molecule has 6 heteroatoms. The van der Waals surface area contributed by atoms with E-state index in [0.717, 1.165) is 0 Å². The molecule has 0 aromatic heterocycles. The van der Waals surface area contributed by atoms with Gasteiger partial charge in [0.1, 0.15) is 5.75 Å². The van der Waals surface area contributed by atoms with Crippen LogP contribution >= 0.6 is 15.9 Å². The molecule has 0 heterocycles. The van der Waals surface area contributed by atoms with Crippen LogP contribution in [0.15, 0.2) is 40.9 Å². The predicted molar refractivity (Wildman–Crippen MR) is 73.5 cm³/mol. The monoisotopic (exact) mass is 340 g/mol. The SMILES string of the molecule is O=C(O)c1ccc(Oc2ccccc2CO)c(F)c1Br. The first-order chi connectivity index (χ1) is 9.54. The highest BCUT2D eigenvalue weighted by Crippen LogP contribution is 2.33. The fourth-order valence-electron chi connectivity index (χ4n) is 1.63. The number of carboxylic acids is 1. The molecule has 0 radical (unpaired) electrons. The number of benzene rings is 2. The molecule has 0 spiro atoms. The average molecular weight is 341 g/mol. The zero-order valence-corrected chi connectivity index (χ0v) is 11.7. The highest BCUT2D eigenvalue weighted by atomic mass is 79.9. The summed E-state index contributed by atoms with van der Waals surface area (Å²) in [7, 11) is 0. The molecule has 0 bridgehead atoms. The molecule has 4 nitrogen and oxygen atoms in total. The van der Waals surface area contributed by atoms with Gasteiger partial charge in [-0.15, -0.1) is 0 Å². The summed E-state index contributed by atoms with van der Waals surface area (Å²) in [6, 6.07) is 9.12. The van der Waals surface area contributed by atoms with Crippen molar-refractivity contribution in [3.8, 4) is 11.5 Å². The molecule has 0 aliphatic heterocycles. The van der Waals surface area contributed by atoms with Crippen LogP contribution in [-0.4, -0.2) is 16.2 Å². The molecule has 0 amide bonds. The maximum absolute atomic E-state index is 14.0. The summed E-state index contributed by atoms with van der Waals surface area (Å²) in [5.74, 6) is -1.86. The van der Waals surface area contributed by atoms with E-state index in [1.165, 1.54) is 12.1 Å². The summed E-state index contributed by atoms with van der Waals surface area (Å²) in [6.07, 6.45) is 0. The maximum atomic E-state index is 14.0. The maximum Gasteiger partial charge on any atom is 0.336 e. The molecule has 2 aromatic rings. The van der Waals surface area contributed by atoms with Gasteiger partial charge in [0.05, 0.1) is 16.6 Å². The molecule has 2 rings (SSSR count). The van der Waals surface area contributed by atoms with Crippen molar-refractivity contribution in [2.75, 3.05) is 0 Å². The summed E-state index contributed by atoms with van der Waals surface area (Å²) in [5, 5.41) is 18.1. The molecule has 0 fully saturated rings. The molecule has 0 aliphatic carbocycles. The van der Waals surface area contributed by atoms with Gasteiger partial charge in [-0.25, -0.2) is 9.18 Å². The Bertz CT molecular complexity index is 658. The van der Waals surface area contributed by atoms with Crippen LogP contribution in [-0.2, 0) is 6.61 Å². The Morgan fingerprint density at radius 2 is 1.90 bits per heavy atom. The van der Waals surface area contributed by atoms with E-state index in [0.29, 0.717) is 11.3 Å². The van der Waals surface area contributed by atoms with Crippen LogP contribution in [0.3, 0.4) is 0 Å². The van der Waals surface area contributed by atoms with Crippen LogP contribution < -0.4 is 4.74 Å². The minimum atomic E-state index is -1.24. The van der Waals surface area contributed by atoms with E-state index >= 15 is 0 Å². The number of ether oxygens (including phenoxy) is 1. The zero-order chi connectivity index (χ0) is 14.7. The Hall–Kier alpha value is -1.92. The van der Waals surface area contributed by atoms with Gasteiger partial charge in [0.15, 0.2) is 11.6 Å². The Labute approximate surface area is 122 Å². The summed E-state index contributed by atoms with van der Waals surface area (Å²) in [6.45, 7) is -0.244. The molecule has 20 heavy (non-hydrogen) atoms. The quantitative estimate of drug-likeness (QED) is 0.892. The number of aromatic carboxylic acids is 1. The van der Waals surface area contributed by atoms with Crippen molar-refractivity contribution in [2.24, 2.45) is 0 Å². The summed E-state index contributed by atoms with van der Waals surface area (Å²) < 4.78 is 19.3. The van der Waals surface area contributed by atoms with Crippen molar-refractivity contribution >= 4 is 21.9 Å². The molecular weight excluding hydrogens is 331 g/mol. The van der Waals surface area contributed by atoms with Crippen molar-refractivity contribution in [2.45, 2.75) is 6.61 Å². The lowest BCUT2D eigenvalue weighted by atomic mass is 10.2. The Balaban J connectivity index is 2.40. The van der Waals surface area contributed by atoms with Gasteiger partial charge in [0.25, 0.3) is 0 Å². The van der Waals surface area contributed by atoms with Gasteiger partial charge in [-0.2, -0.15) is 0 Å². The number of hydrogen-bond acceptors (Lipinski definition) is 3. The van der Waals surface area contributed by atoms with Gasteiger partial charge in [0.2, 0.25) is 0 Å². The molecule has 2 aromatic carbocycles. The van der Waals surface area contributed by atoms with Gasteiger partial charge in [-0.1, -0.05) is 18.2 Å². The first-order valence-electron chi connectivity index (χ1n) is 5.62. The van der Waals surface area contributed by atoms with Crippen molar-refractivity contribution < 1.29 is 24.1 Å². The Kier molecular flexibility index (Phi) is 4.36. The minimum absolute atomic E-state index is 0.122. The summed E-state index contributed by atoms with van der Waals surface area (Å²) in [5.41, 5.74) is 0.315. The molecule has 2 N–H and O–H groups in total. The fraction of sp³-hybridized carbons (Fsp3) is 0.0714. The lowest BCUT2D eigenvalue weighted by molar-refractivity contribution is 0.0695. The van der Waals surface area contributed by atoms with Crippen LogP contribution in [0.1, 0.15) is 15.9 Å². The van der Waals surface area contributed by atoms with Crippen LogP contribution in [0.2, 0.25) is 0 Å². The average Bonchev–Trinajstić information content (AvgIpc) is 2.44. The molecule has 0 atom stereocenters. The fourth-order valence-corrected chi connectivity index (χ4v) is 2.13. The molecule has 104 valence electrons. The van der Waals surface area contributed by atoms with E-state index in [1.807, 2.05) is 0 Å². The Morgan fingerprint density at radius 3 is 2.55 bits per heavy atom. The summed E-state index contributed by atoms with van der Waals surface area (Å²) >= 11 is 2.90. The highest BCUT2D eigenvalue weighted by molar-refractivity contribution is 9.10. The number of para-hydroxylation sites is 1. The zero-order valence-electron chi connectivity index (χ0n) is 10.1. The second-order valence-corrected chi connectivity index (χ2v) is 4.71. The molecule has 0 saturated carbocycles. The smallest absolute Gasteiger partial charge is 0.336 e. The number of aliphatic hydroxyl groups excluding tert-OH is 1. The lowest BCUT2D eigenvalue weighted by Gasteiger charge is -2.11. The number of carbonyl (C=O) groups is 1. The van der Waals surface area contributed by atoms with Crippen LogP contribution in [0.25, 0.3) is 0 Å². The van der Waals surface area contributed by atoms with Gasteiger partial charge in [-0.3, -0.25) is 0 Å². The van der Waals surface area contributed by atoms with E-state index < -0.39 is 11.8 Å². The normalized spacial score (nSPS) is 10.3. The van der Waals surface area contributed by atoms with Crippen LogP contribution in [0.4, 0.5) is 4.39 Å². The number of aliphatic hydroxyl groups is 1. The van der Waals surface area contributed by atoms with Gasteiger partial charge in [0, 0.05) is 5.56 Å². The topological polar surface area (TPSA) is 66.8 Å². The third-order valence-corrected chi connectivity index (χ3v) is 3.42. The third kappa shape index (κ3) is 2.81. The third-order valence-electron chi connectivity index (χ3n) is 2.64. The first kappa shape index (κ1) is 14.5. The second-order valence-electron chi connectivity index (χ2n) is 3.91. The van der Waals surface area contributed by atoms with Crippen molar-refractivity contribution in [3.63, 3.8) is 0 Å². The van der Waals surface area contributed by atoms with E-state index in [2.05, 4.69) is 15.9 Å². The predicted octanol–water partition coefficient (Wildman–Crippen LogP) is 3.57. The van der Waals surface area contributed by atoms with Crippen LogP contribution in [0, 0.1) is 5.82 Å². The van der Waals surface area contributed by atoms with Gasteiger partial charge < -0.3 is 14.9 Å². The summed E-state index contributed by atoms with van der Waals surface area (Å²) in [4.78, 5) is 10.9. The van der Waals surface area contributed by atoms with Gasteiger partial charge in [-0.05, 0) is 34.1 Å². The largest absolute Gasteiger partial charge is 0.478 e. The van der Waals surface area contributed by atoms with E-state index in [9.17, 15) is 14.3 Å². The second kappa shape index (κ2) is 6.02. The lowest BCUT2D eigenvalue weighted by Crippen LogP contribution is -2.01. The molecule has 0 unspecified atom stereocenters. The van der Waals surface area contributed by atoms with E-state index in [-0.39, 0.29) is 22.4 Å². The van der Waals surface area contributed by atoms with E-state index in [1.54, 1.807) is 24.3 Å². The standard InChI is InChI=1S/C14H10BrFO4/c15-12-9(14(18)19)5-6-11(13(12)16)20-10-4-2-1-3-8(10)7-17/h1-6,17H,7H2,(H,18,19). The highest BCUT2D eigenvalue weighted by Gasteiger charge is 2.17. The van der Waals surface area contributed by atoms with Crippen molar-refractivity contribution in [3.05, 3.63) is 57.8 Å².